The molecule has 0 aliphatic heterocycles. The number of nitrogens with zero attached hydrogens (tertiary/aromatic N) is 1. The molecule has 1 N–H and O–H groups in total. The summed E-state index contributed by atoms with van der Waals surface area (Å²) in [6.07, 6.45) is 2.97. The minimum Gasteiger partial charge on any atom is -0.497 e. The third kappa shape index (κ3) is 5.61. The Morgan fingerprint density at radius 2 is 1.97 bits per heavy atom. The zero-order valence-electron chi connectivity index (χ0n) is 15.7. The highest BCUT2D eigenvalue weighted by molar-refractivity contribution is 7.09. The second-order valence-electron chi connectivity index (χ2n) is 5.93. The van der Waals surface area contributed by atoms with E-state index < -0.39 is 6.61 Å². The molecule has 0 saturated heterocycles. The average molecular weight is 416 g/mol. The van der Waals surface area contributed by atoms with Crippen molar-refractivity contribution in [3.05, 3.63) is 64.6 Å². The first kappa shape index (κ1) is 20.5. The molecule has 0 unspecified atom stereocenters. The van der Waals surface area contributed by atoms with Gasteiger partial charge in [0.1, 0.15) is 11.5 Å². The van der Waals surface area contributed by atoms with Gasteiger partial charge in [-0.05, 0) is 48.9 Å². The topological polar surface area (TPSA) is 60.5 Å². The molecule has 0 aliphatic rings. The van der Waals surface area contributed by atoms with Crippen LogP contribution in [0.3, 0.4) is 0 Å². The Bertz CT molecular complexity index is 1020. The first-order chi connectivity index (χ1) is 13.9. The van der Waals surface area contributed by atoms with E-state index in [1.54, 1.807) is 36.4 Å². The monoisotopic (exact) mass is 416 g/mol. The lowest BCUT2D eigenvalue weighted by Crippen LogP contribution is -2.08. The third-order valence-corrected chi connectivity index (χ3v) is 4.70. The lowest BCUT2D eigenvalue weighted by molar-refractivity contribution is -0.111. The van der Waals surface area contributed by atoms with E-state index in [0.717, 1.165) is 5.01 Å². The SMILES string of the molecule is COc1ccc(-c2cc(NC(=O)/C=C/c3csc(C)n3)ccc2OC(F)F)cc1. The quantitative estimate of drug-likeness (QED) is 0.525. The van der Waals surface area contributed by atoms with Gasteiger partial charge in [-0.15, -0.1) is 11.3 Å². The fraction of sp³-hybridized carbons (Fsp3) is 0.143. The normalized spacial score (nSPS) is 11.1. The molecule has 0 spiro atoms. The molecule has 3 rings (SSSR count). The van der Waals surface area contributed by atoms with Gasteiger partial charge in [0.2, 0.25) is 5.91 Å². The number of aryl methyl sites for hydroxylation is 1. The summed E-state index contributed by atoms with van der Waals surface area (Å²) in [7, 11) is 1.54. The van der Waals surface area contributed by atoms with E-state index in [4.69, 9.17) is 4.74 Å². The zero-order valence-corrected chi connectivity index (χ0v) is 16.5. The number of methoxy groups -OCH3 is 1. The smallest absolute Gasteiger partial charge is 0.387 e. The van der Waals surface area contributed by atoms with Gasteiger partial charge in [0, 0.05) is 22.7 Å². The highest BCUT2D eigenvalue weighted by atomic mass is 32.1. The summed E-state index contributed by atoms with van der Waals surface area (Å²) in [5, 5.41) is 5.47. The van der Waals surface area contributed by atoms with Gasteiger partial charge in [-0.2, -0.15) is 8.78 Å². The predicted octanol–water partition coefficient (Wildman–Crippen LogP) is 5.38. The van der Waals surface area contributed by atoms with Crippen LogP contribution in [-0.2, 0) is 4.79 Å². The maximum atomic E-state index is 12.8. The molecular weight excluding hydrogens is 398 g/mol. The van der Waals surface area contributed by atoms with Crippen LogP contribution in [0.25, 0.3) is 17.2 Å². The molecule has 8 heteroatoms. The number of carbonyl (C=O) groups excluding carboxylic acids is 1. The van der Waals surface area contributed by atoms with Crippen molar-refractivity contribution in [3.8, 4) is 22.6 Å². The molecule has 0 atom stereocenters. The highest BCUT2D eigenvalue weighted by Crippen LogP contribution is 2.34. The first-order valence-corrected chi connectivity index (χ1v) is 9.47. The van der Waals surface area contributed by atoms with E-state index in [-0.39, 0.29) is 11.7 Å². The van der Waals surface area contributed by atoms with Crippen molar-refractivity contribution in [1.29, 1.82) is 0 Å². The Morgan fingerprint density at radius 1 is 1.21 bits per heavy atom. The fourth-order valence-corrected chi connectivity index (χ4v) is 3.19. The number of hydrogen-bond acceptors (Lipinski definition) is 5. The van der Waals surface area contributed by atoms with Crippen LogP contribution in [-0.4, -0.2) is 24.6 Å². The van der Waals surface area contributed by atoms with Gasteiger partial charge in [-0.1, -0.05) is 12.1 Å². The molecule has 150 valence electrons. The lowest BCUT2D eigenvalue weighted by Gasteiger charge is -2.13. The van der Waals surface area contributed by atoms with Crippen molar-refractivity contribution in [2.24, 2.45) is 0 Å². The van der Waals surface area contributed by atoms with Crippen molar-refractivity contribution in [2.45, 2.75) is 13.5 Å². The van der Waals surface area contributed by atoms with Crippen molar-refractivity contribution in [2.75, 3.05) is 12.4 Å². The lowest BCUT2D eigenvalue weighted by atomic mass is 10.0. The second-order valence-corrected chi connectivity index (χ2v) is 6.99. The van der Waals surface area contributed by atoms with E-state index >= 15 is 0 Å². The van der Waals surface area contributed by atoms with Crippen LogP contribution in [0.1, 0.15) is 10.7 Å². The molecule has 2 aromatic carbocycles. The number of anilines is 1. The summed E-state index contributed by atoms with van der Waals surface area (Å²) in [5.74, 6) is 0.285. The van der Waals surface area contributed by atoms with Crippen LogP contribution in [0, 0.1) is 6.92 Å². The number of aromatic nitrogens is 1. The third-order valence-electron chi connectivity index (χ3n) is 3.91. The summed E-state index contributed by atoms with van der Waals surface area (Å²) in [6, 6.07) is 11.4. The number of alkyl halides is 2. The number of thiazole rings is 1. The molecule has 0 fully saturated rings. The summed E-state index contributed by atoms with van der Waals surface area (Å²) in [6.45, 7) is -1.08. The molecule has 0 aliphatic carbocycles. The number of benzene rings is 2. The van der Waals surface area contributed by atoms with Gasteiger partial charge < -0.3 is 14.8 Å². The van der Waals surface area contributed by atoms with Gasteiger partial charge in [-0.3, -0.25) is 4.79 Å². The molecule has 29 heavy (non-hydrogen) atoms. The average Bonchev–Trinajstić information content (AvgIpc) is 3.12. The largest absolute Gasteiger partial charge is 0.497 e. The van der Waals surface area contributed by atoms with Crippen molar-refractivity contribution in [1.82, 2.24) is 4.98 Å². The Kier molecular flexibility index (Phi) is 6.56. The minimum absolute atomic E-state index is 0.0108. The van der Waals surface area contributed by atoms with Gasteiger partial charge in [0.25, 0.3) is 0 Å². The van der Waals surface area contributed by atoms with Crippen molar-refractivity contribution >= 4 is 29.0 Å². The predicted molar refractivity (Wildman–Crippen MR) is 110 cm³/mol. The molecule has 1 aromatic heterocycles. The molecule has 3 aromatic rings. The Labute approximate surface area is 170 Å². The van der Waals surface area contributed by atoms with Crippen molar-refractivity contribution in [3.63, 3.8) is 0 Å². The fourth-order valence-electron chi connectivity index (χ4n) is 2.60. The van der Waals surface area contributed by atoms with Gasteiger partial charge in [0.05, 0.1) is 17.8 Å². The van der Waals surface area contributed by atoms with Crippen molar-refractivity contribution < 1.29 is 23.0 Å². The van der Waals surface area contributed by atoms with Crippen LogP contribution in [0.2, 0.25) is 0 Å². The minimum atomic E-state index is -2.96. The second kappa shape index (κ2) is 9.29. The first-order valence-electron chi connectivity index (χ1n) is 8.59. The van der Waals surface area contributed by atoms with Crippen LogP contribution in [0.15, 0.2) is 53.9 Å². The van der Waals surface area contributed by atoms with Gasteiger partial charge in [-0.25, -0.2) is 4.98 Å². The molecule has 1 heterocycles. The van der Waals surface area contributed by atoms with Crippen LogP contribution < -0.4 is 14.8 Å². The number of ether oxygens (including phenoxy) is 2. The number of carbonyl (C=O) groups is 1. The van der Waals surface area contributed by atoms with E-state index in [2.05, 4.69) is 15.0 Å². The maximum Gasteiger partial charge on any atom is 0.387 e. The summed E-state index contributed by atoms with van der Waals surface area (Å²) < 4.78 is 35.3. The Morgan fingerprint density at radius 3 is 2.59 bits per heavy atom. The van der Waals surface area contributed by atoms with E-state index in [0.29, 0.717) is 28.3 Å². The van der Waals surface area contributed by atoms with E-state index in [9.17, 15) is 13.6 Å². The van der Waals surface area contributed by atoms with Crippen LogP contribution >= 0.6 is 11.3 Å². The van der Waals surface area contributed by atoms with Gasteiger partial charge in [0.15, 0.2) is 0 Å². The number of rotatable bonds is 7. The molecule has 0 saturated carbocycles. The molecule has 0 bridgehead atoms. The molecular formula is C21H18F2N2O3S. The zero-order chi connectivity index (χ0) is 20.8. The molecule has 5 nitrogen and oxygen atoms in total. The summed E-state index contributed by atoms with van der Waals surface area (Å²) in [5.41, 5.74) is 2.21. The molecule has 0 radical (unpaired) electrons. The Hall–Kier alpha value is -3.26. The van der Waals surface area contributed by atoms with Crippen LogP contribution in [0.5, 0.6) is 11.5 Å². The standard InChI is InChI=1S/C21H18F2N2O3S/c1-13-24-16(12-29-13)6-10-20(26)25-15-5-9-19(28-21(22)23)18(11-15)14-3-7-17(27-2)8-4-14/h3-12,21H,1-2H3,(H,25,26)/b10-6+. The van der Waals surface area contributed by atoms with E-state index in [1.165, 1.54) is 36.7 Å². The summed E-state index contributed by atoms with van der Waals surface area (Å²) >= 11 is 1.49. The Balaban J connectivity index is 1.83. The number of nitrogens with one attached hydrogen (secondary N) is 1. The van der Waals surface area contributed by atoms with E-state index in [1.807, 2.05) is 12.3 Å². The maximum absolute atomic E-state index is 12.8. The van der Waals surface area contributed by atoms with Gasteiger partial charge >= 0.3 is 6.61 Å². The number of halogens is 2. The molecule has 1 amide bonds. The van der Waals surface area contributed by atoms with Crippen LogP contribution in [0.4, 0.5) is 14.5 Å². The summed E-state index contributed by atoms with van der Waals surface area (Å²) in [4.78, 5) is 16.4. The number of hydrogen-bond donors (Lipinski definition) is 1. The highest BCUT2D eigenvalue weighted by Gasteiger charge is 2.13. The number of amides is 1.